The normalized spacial score (nSPS) is 12.9. The van der Waals surface area contributed by atoms with Gasteiger partial charge in [-0.1, -0.05) is 138 Å². The number of rotatable bonds is 4. The van der Waals surface area contributed by atoms with E-state index >= 15 is 0 Å². The summed E-state index contributed by atoms with van der Waals surface area (Å²) in [5.74, 6) is 1.12. The average Bonchev–Trinajstić information content (AvgIpc) is 3.43. The number of hydrogen-bond donors (Lipinski definition) is 1. The van der Waals surface area contributed by atoms with Crippen molar-refractivity contribution in [2.75, 3.05) is 0 Å². The number of aromatic hydroxyl groups is 1. The third-order valence-electron chi connectivity index (χ3n) is 10.8. The van der Waals surface area contributed by atoms with Gasteiger partial charge in [-0.05, 0) is 98.0 Å². The highest BCUT2D eigenvalue weighted by Gasteiger charge is 2.28. The fourth-order valence-corrected chi connectivity index (χ4v) is 7.33. The van der Waals surface area contributed by atoms with Crippen LogP contribution in [-0.2, 0) is 21.7 Å². The number of nitrogens with zero attached hydrogens (tertiary/aromatic N) is 3. The summed E-state index contributed by atoms with van der Waals surface area (Å²) in [4.78, 5) is 10.3. The molecule has 54 heavy (non-hydrogen) atoms. The highest BCUT2D eigenvalue weighted by Crippen LogP contribution is 2.44. The molecule has 0 radical (unpaired) electrons. The van der Waals surface area contributed by atoms with Crippen molar-refractivity contribution in [1.29, 1.82) is 0 Å². The lowest BCUT2D eigenvalue weighted by molar-refractivity contribution is 0.446. The first-order valence-electron chi connectivity index (χ1n) is 19.2. The van der Waals surface area contributed by atoms with Crippen LogP contribution in [0.25, 0.3) is 61.3 Å². The molecule has 7 rings (SSSR count). The lowest BCUT2D eigenvalue weighted by Gasteiger charge is -2.28. The van der Waals surface area contributed by atoms with Crippen LogP contribution in [0.15, 0.2) is 109 Å². The van der Waals surface area contributed by atoms with Crippen molar-refractivity contribution in [3.8, 4) is 45.2 Å². The van der Waals surface area contributed by atoms with Crippen LogP contribution in [-0.4, -0.2) is 19.6 Å². The van der Waals surface area contributed by atoms with E-state index in [9.17, 15) is 5.11 Å². The number of hydrogen-bond acceptors (Lipinski definition) is 3. The smallest absolute Gasteiger partial charge is 0.138 e. The van der Waals surface area contributed by atoms with E-state index in [4.69, 9.17) is 9.97 Å². The Kier molecular flexibility index (Phi) is 8.91. The van der Waals surface area contributed by atoms with Gasteiger partial charge in [0.25, 0.3) is 0 Å². The molecule has 0 bridgehead atoms. The number of aromatic nitrogens is 3. The van der Waals surface area contributed by atoms with Gasteiger partial charge in [0.1, 0.15) is 11.6 Å². The van der Waals surface area contributed by atoms with Gasteiger partial charge in [-0.15, -0.1) is 0 Å². The lowest BCUT2D eigenvalue weighted by Crippen LogP contribution is -2.17. The molecule has 0 aliphatic carbocycles. The molecule has 0 saturated heterocycles. The van der Waals surface area contributed by atoms with Crippen LogP contribution in [0.2, 0.25) is 0 Å². The molecule has 0 saturated carbocycles. The Bertz CT molecular complexity index is 2530. The Hall–Kier alpha value is -5.22. The van der Waals surface area contributed by atoms with Crippen molar-refractivity contribution in [3.63, 3.8) is 0 Å². The molecule has 4 nitrogen and oxygen atoms in total. The predicted octanol–water partition coefficient (Wildman–Crippen LogP) is 13.5. The molecule has 0 fully saturated rings. The van der Waals surface area contributed by atoms with Crippen LogP contribution in [0.3, 0.4) is 0 Å². The van der Waals surface area contributed by atoms with Crippen LogP contribution < -0.4 is 0 Å². The Balaban J connectivity index is 1.54. The minimum Gasteiger partial charge on any atom is -0.507 e. The minimum absolute atomic E-state index is 0.0116. The monoisotopic (exact) mass is 713 g/mol. The van der Waals surface area contributed by atoms with Crippen LogP contribution in [0, 0.1) is 0 Å². The van der Waals surface area contributed by atoms with E-state index in [1.54, 1.807) is 0 Å². The van der Waals surface area contributed by atoms with E-state index in [1.807, 2.05) is 12.3 Å². The third-order valence-corrected chi connectivity index (χ3v) is 10.8. The Morgan fingerprint density at radius 3 is 1.80 bits per heavy atom. The third kappa shape index (κ3) is 6.95. The lowest BCUT2D eigenvalue weighted by atomic mass is 9.78. The molecular weight excluding hydrogens is 659 g/mol. The molecule has 0 aliphatic rings. The molecule has 4 heteroatoms. The van der Waals surface area contributed by atoms with Gasteiger partial charge in [-0.3, -0.25) is 9.55 Å². The quantitative estimate of drug-likeness (QED) is 0.198. The SMILES string of the molecule is CC(C)(C)c1cc(-c2cc(C(C)(C)C)cc(C(C)(C)C)c2O)nc(-n2c3ccc(C(C)(C)C)cc3c3ccc(-c4cc(-c5ccccc5)ccn4)cc32)c1. The summed E-state index contributed by atoms with van der Waals surface area (Å²) in [7, 11) is 0. The molecule has 276 valence electrons. The van der Waals surface area contributed by atoms with Gasteiger partial charge in [0, 0.05) is 33.7 Å². The van der Waals surface area contributed by atoms with Crippen LogP contribution in [0.5, 0.6) is 5.75 Å². The zero-order valence-electron chi connectivity index (χ0n) is 34.2. The van der Waals surface area contributed by atoms with Gasteiger partial charge in [0.15, 0.2) is 0 Å². The van der Waals surface area contributed by atoms with Crippen molar-refractivity contribution in [1.82, 2.24) is 14.5 Å². The van der Waals surface area contributed by atoms with Gasteiger partial charge in [-0.25, -0.2) is 4.98 Å². The van der Waals surface area contributed by atoms with E-state index in [1.165, 1.54) is 16.5 Å². The Morgan fingerprint density at radius 2 is 1.15 bits per heavy atom. The fraction of sp³-hybridized carbons (Fsp3) is 0.320. The molecule has 7 aromatic rings. The first-order chi connectivity index (χ1) is 25.2. The second-order valence-electron chi connectivity index (χ2n) is 19.1. The van der Waals surface area contributed by atoms with E-state index in [-0.39, 0.29) is 21.7 Å². The summed E-state index contributed by atoms with van der Waals surface area (Å²) < 4.78 is 2.32. The number of pyridine rings is 2. The molecule has 0 amide bonds. The second kappa shape index (κ2) is 13.0. The molecular formula is C50H55N3O. The highest BCUT2D eigenvalue weighted by atomic mass is 16.3. The predicted molar refractivity (Wildman–Crippen MR) is 229 cm³/mol. The van der Waals surface area contributed by atoms with Crippen LogP contribution in [0.4, 0.5) is 0 Å². The van der Waals surface area contributed by atoms with E-state index < -0.39 is 0 Å². The standard InChI is InChI=1S/C50H55N3O/c1-47(2,3)34-19-21-43-38(26-34)37-20-18-33(41-24-32(22-23-51-41)31-16-14-13-15-17-31)25-44(37)53(43)45-30-36(49(7,8)9)29-42(52-45)39-27-35(48(4,5)6)28-40(46(39)54)50(10,11)12/h13-30,54H,1-12H3. The molecule has 1 N–H and O–H groups in total. The summed E-state index contributed by atoms with van der Waals surface area (Å²) in [6.07, 6.45) is 1.90. The summed E-state index contributed by atoms with van der Waals surface area (Å²) in [6.45, 7) is 26.7. The zero-order chi connectivity index (χ0) is 39.0. The van der Waals surface area contributed by atoms with Gasteiger partial charge < -0.3 is 5.11 Å². The van der Waals surface area contributed by atoms with Gasteiger partial charge in [0.2, 0.25) is 0 Å². The van der Waals surface area contributed by atoms with Crippen molar-refractivity contribution >= 4 is 21.8 Å². The van der Waals surface area contributed by atoms with Crippen molar-refractivity contribution < 1.29 is 5.11 Å². The molecule has 3 aromatic heterocycles. The van der Waals surface area contributed by atoms with Crippen molar-refractivity contribution in [2.24, 2.45) is 0 Å². The average molecular weight is 714 g/mol. The maximum Gasteiger partial charge on any atom is 0.138 e. The number of benzene rings is 4. The van der Waals surface area contributed by atoms with Gasteiger partial charge in [0.05, 0.1) is 22.4 Å². The summed E-state index contributed by atoms with van der Waals surface area (Å²) in [6, 6.07) is 37.0. The molecule has 0 aliphatic heterocycles. The number of phenolic OH excluding ortho intramolecular Hbond substituents is 1. The number of fused-ring (bicyclic) bond motifs is 3. The van der Waals surface area contributed by atoms with E-state index in [2.05, 4.69) is 185 Å². The van der Waals surface area contributed by atoms with Crippen molar-refractivity contribution in [2.45, 2.75) is 105 Å². The largest absolute Gasteiger partial charge is 0.507 e. The summed E-state index contributed by atoms with van der Waals surface area (Å²) in [5.41, 5.74) is 11.9. The van der Waals surface area contributed by atoms with Crippen LogP contribution >= 0.6 is 0 Å². The molecule has 4 aromatic carbocycles. The maximum atomic E-state index is 12.0. The highest BCUT2D eigenvalue weighted by molar-refractivity contribution is 6.10. The van der Waals surface area contributed by atoms with E-state index in [0.29, 0.717) is 5.75 Å². The minimum atomic E-state index is -0.260. The second-order valence-corrected chi connectivity index (χ2v) is 19.1. The first kappa shape index (κ1) is 37.1. The number of phenols is 1. The van der Waals surface area contributed by atoms with E-state index in [0.717, 1.165) is 67.0 Å². The zero-order valence-corrected chi connectivity index (χ0v) is 34.2. The summed E-state index contributed by atoms with van der Waals surface area (Å²) in [5, 5.41) is 14.4. The maximum absolute atomic E-state index is 12.0. The Morgan fingerprint density at radius 1 is 0.481 bits per heavy atom. The summed E-state index contributed by atoms with van der Waals surface area (Å²) >= 11 is 0. The van der Waals surface area contributed by atoms with Gasteiger partial charge in [-0.2, -0.15) is 0 Å². The molecule has 0 unspecified atom stereocenters. The van der Waals surface area contributed by atoms with Crippen molar-refractivity contribution in [3.05, 3.63) is 132 Å². The topological polar surface area (TPSA) is 50.9 Å². The van der Waals surface area contributed by atoms with Crippen LogP contribution in [0.1, 0.15) is 105 Å². The molecule has 0 atom stereocenters. The Labute approximate surface area is 322 Å². The molecule has 3 heterocycles. The van der Waals surface area contributed by atoms with Gasteiger partial charge >= 0.3 is 0 Å². The molecule has 0 spiro atoms. The first-order valence-corrected chi connectivity index (χ1v) is 19.2. The fourth-order valence-electron chi connectivity index (χ4n) is 7.33.